The highest BCUT2D eigenvalue weighted by atomic mass is 35.5. The zero-order valence-corrected chi connectivity index (χ0v) is 24.7. The first-order valence-electron chi connectivity index (χ1n) is 12.1. The smallest absolute Gasteiger partial charge is 0.463 e. The normalized spacial score (nSPS) is 20.5. The number of nitrogens with one attached hydrogen (secondary N) is 2. The molecule has 2 heterocycles. The van der Waals surface area contributed by atoms with Gasteiger partial charge in [0.15, 0.2) is 5.75 Å². The Bertz CT molecular complexity index is 1310. The van der Waals surface area contributed by atoms with Crippen LogP contribution in [0.25, 0.3) is 0 Å². The number of ether oxygens (including phenoxy) is 2. The summed E-state index contributed by atoms with van der Waals surface area (Å²) in [5.74, 6) is -4.52. The summed E-state index contributed by atoms with van der Waals surface area (Å²) in [5, 5.41) is 33.5. The van der Waals surface area contributed by atoms with Crippen molar-refractivity contribution in [1.29, 1.82) is 0 Å². The largest absolute Gasteiger partial charge is 0.502 e. The topological polar surface area (TPSA) is 199 Å². The molecule has 1 aliphatic heterocycles. The van der Waals surface area contributed by atoms with Crippen molar-refractivity contribution in [2.75, 3.05) is 7.11 Å². The van der Waals surface area contributed by atoms with E-state index in [1.807, 2.05) is 18.8 Å². The molecule has 5 atom stereocenters. The third-order valence-corrected chi connectivity index (χ3v) is 7.29. The average Bonchev–Trinajstić information content (AvgIpc) is 3.30. The van der Waals surface area contributed by atoms with Crippen molar-refractivity contribution in [2.45, 2.75) is 64.6 Å². The third kappa shape index (κ3) is 10.7. The zero-order valence-electron chi connectivity index (χ0n) is 23.1. The van der Waals surface area contributed by atoms with E-state index >= 15 is 0 Å². The van der Waals surface area contributed by atoms with Crippen LogP contribution in [0.5, 0.6) is 11.5 Å². The lowest BCUT2D eigenvalue weighted by atomic mass is 10.0. The molecule has 0 aliphatic carbocycles. The molecule has 1 aromatic heterocycles. The van der Waals surface area contributed by atoms with Crippen molar-refractivity contribution in [1.82, 2.24) is 14.6 Å². The Balaban J connectivity index is 0.00000108. The fourth-order valence-corrected chi connectivity index (χ4v) is 4.98. The summed E-state index contributed by atoms with van der Waals surface area (Å²) < 4.78 is 34.9. The van der Waals surface area contributed by atoms with Crippen LogP contribution >= 0.6 is 19.3 Å². The van der Waals surface area contributed by atoms with Crippen LogP contribution in [0.15, 0.2) is 40.1 Å². The van der Waals surface area contributed by atoms with Crippen molar-refractivity contribution >= 4 is 25.6 Å². The van der Waals surface area contributed by atoms with Gasteiger partial charge in [-0.1, -0.05) is 18.5 Å². The minimum absolute atomic E-state index is 0.0111. The number of aromatic amines is 1. The van der Waals surface area contributed by atoms with Gasteiger partial charge in [0.05, 0.1) is 18.3 Å². The minimum atomic E-state index is -4.60. The van der Waals surface area contributed by atoms with Crippen molar-refractivity contribution < 1.29 is 43.2 Å². The average molecular weight is 620 g/mol. The molecule has 3 rings (SSSR count). The van der Waals surface area contributed by atoms with Crippen LogP contribution in [0.2, 0.25) is 5.02 Å². The van der Waals surface area contributed by atoms with E-state index in [4.69, 9.17) is 30.1 Å². The Morgan fingerprint density at radius 2 is 1.80 bits per heavy atom. The van der Waals surface area contributed by atoms with Gasteiger partial charge >= 0.3 is 19.4 Å². The molecule has 228 valence electrons. The molecule has 2 aromatic rings. The maximum absolute atomic E-state index is 13.3. The Hall–Kier alpha value is -2.99. The number of aliphatic hydroxyl groups is 2. The Morgan fingerprint density at radius 3 is 2.32 bits per heavy atom. The maximum Gasteiger partial charge on any atom is 0.463 e. The van der Waals surface area contributed by atoms with Crippen LogP contribution in [0.1, 0.15) is 40.3 Å². The molecule has 16 heteroatoms. The quantitative estimate of drug-likeness (QED) is 0.112. The predicted molar refractivity (Wildman–Crippen MR) is 149 cm³/mol. The van der Waals surface area contributed by atoms with E-state index < -0.39 is 55.0 Å². The van der Waals surface area contributed by atoms with E-state index in [1.54, 1.807) is 14.0 Å². The number of hydrogen-bond acceptors (Lipinski definition) is 11. The van der Waals surface area contributed by atoms with E-state index in [0.29, 0.717) is 17.4 Å². The van der Waals surface area contributed by atoms with Crippen LogP contribution in [-0.4, -0.2) is 62.5 Å². The molecule has 14 nitrogen and oxygen atoms in total. The number of aromatic hydroxyl groups is 1. The molecular formula is C25H35ClN3O11P. The molecule has 0 spiro atoms. The van der Waals surface area contributed by atoms with Crippen LogP contribution < -0.4 is 20.9 Å². The van der Waals surface area contributed by atoms with Gasteiger partial charge in [-0.05, 0) is 51.5 Å². The van der Waals surface area contributed by atoms with Gasteiger partial charge in [-0.3, -0.25) is 14.3 Å². The molecule has 2 unspecified atom stereocenters. The van der Waals surface area contributed by atoms with Gasteiger partial charge in [0.2, 0.25) is 0 Å². The van der Waals surface area contributed by atoms with E-state index in [9.17, 15) is 34.3 Å². The number of halogens is 1. The van der Waals surface area contributed by atoms with Gasteiger partial charge in [0.1, 0.15) is 24.4 Å². The molecule has 1 aliphatic rings. The minimum Gasteiger partial charge on any atom is -0.502 e. The standard InChI is InChI=1S/C19H23ClN3O10P.C4H10O.C2H2/c1-10-7-15(31-17(10)23-8-14(25)16(26)21-18(23)27)19(28,29)33-34(30,22-11(2)9-24)32-13-5-3-12(20)4-6-13;1-4(2)5-3;1-2/h3-6,8-11,15,17,25,28-29H,7H2,1-2H3,(H,22,30)(H,21,26,27);4H,1-3H3;1-2H/t10-,11-,15?,17+,34?;;/m0../s1. The highest BCUT2D eigenvalue weighted by molar-refractivity contribution is 7.52. The van der Waals surface area contributed by atoms with Gasteiger partial charge in [-0.15, -0.1) is 12.8 Å². The number of carbonyl (C=O) groups excluding carboxylic acids is 1. The number of terminal acetylenes is 1. The molecule has 1 aromatic carbocycles. The summed E-state index contributed by atoms with van der Waals surface area (Å²) in [4.78, 5) is 36.5. The molecule has 1 saturated heterocycles. The summed E-state index contributed by atoms with van der Waals surface area (Å²) in [6.07, 6.45) is 6.84. The molecule has 41 heavy (non-hydrogen) atoms. The number of methoxy groups -OCH3 is 1. The molecule has 0 amide bonds. The lowest BCUT2D eigenvalue weighted by Gasteiger charge is -2.31. The number of nitrogens with zero attached hydrogens (tertiary/aromatic N) is 1. The first-order chi connectivity index (χ1) is 19.1. The second-order valence-corrected chi connectivity index (χ2v) is 11.1. The number of aromatic nitrogens is 2. The number of rotatable bonds is 10. The van der Waals surface area contributed by atoms with Crippen molar-refractivity contribution in [3.63, 3.8) is 0 Å². The van der Waals surface area contributed by atoms with E-state index in [-0.39, 0.29) is 12.2 Å². The van der Waals surface area contributed by atoms with Crippen molar-refractivity contribution in [3.05, 3.63) is 56.3 Å². The summed E-state index contributed by atoms with van der Waals surface area (Å²) in [5.41, 5.74) is -1.90. The molecule has 0 bridgehead atoms. The van der Waals surface area contributed by atoms with Gasteiger partial charge in [-0.2, -0.15) is 0 Å². The Morgan fingerprint density at radius 1 is 1.24 bits per heavy atom. The van der Waals surface area contributed by atoms with Crippen LogP contribution in [0.4, 0.5) is 0 Å². The number of carbonyl (C=O) groups is 1. The molecule has 5 N–H and O–H groups in total. The number of hydrogen-bond donors (Lipinski definition) is 5. The number of aldehydes is 1. The lowest BCUT2D eigenvalue weighted by Crippen LogP contribution is -2.46. The van der Waals surface area contributed by atoms with Gasteiger partial charge in [0.25, 0.3) is 5.56 Å². The summed E-state index contributed by atoms with van der Waals surface area (Å²) in [6.45, 7) is 6.94. The zero-order chi connectivity index (χ0) is 31.5. The number of H-pyrrole nitrogens is 1. The predicted octanol–water partition coefficient (Wildman–Crippen LogP) is 2.13. The van der Waals surface area contributed by atoms with Gasteiger partial charge < -0.3 is 34.1 Å². The number of benzene rings is 1. The summed E-state index contributed by atoms with van der Waals surface area (Å²) in [7, 11) is -2.90. The second-order valence-electron chi connectivity index (χ2n) is 9.04. The van der Waals surface area contributed by atoms with Crippen LogP contribution in [-0.2, 0) is 23.4 Å². The van der Waals surface area contributed by atoms with E-state index in [2.05, 4.69) is 17.9 Å². The highest BCUT2D eigenvalue weighted by Crippen LogP contribution is 2.50. The maximum atomic E-state index is 13.3. The van der Waals surface area contributed by atoms with Crippen molar-refractivity contribution in [2.24, 2.45) is 5.92 Å². The molecule has 0 saturated carbocycles. The SMILES string of the molecule is C#C.COC(C)C.C[C@@H](C=O)NP(=O)(Oc1ccc(Cl)cc1)OC(O)(O)C1C[C@H](C)[C@H](n2cc(O)c(=O)[nH]c2=O)O1. The van der Waals surface area contributed by atoms with Gasteiger partial charge in [0, 0.05) is 18.1 Å². The van der Waals surface area contributed by atoms with Crippen LogP contribution in [0.3, 0.4) is 0 Å². The first-order valence-corrected chi connectivity index (χ1v) is 14.0. The lowest BCUT2D eigenvalue weighted by molar-refractivity contribution is -0.346. The summed E-state index contributed by atoms with van der Waals surface area (Å²) >= 11 is 5.82. The van der Waals surface area contributed by atoms with E-state index in [0.717, 1.165) is 10.8 Å². The Labute approximate surface area is 241 Å². The highest BCUT2D eigenvalue weighted by Gasteiger charge is 2.51. The molecule has 0 radical (unpaired) electrons. The van der Waals surface area contributed by atoms with Gasteiger partial charge in [-0.25, -0.2) is 19.0 Å². The summed E-state index contributed by atoms with van der Waals surface area (Å²) in [6, 6.07) is 4.49. The fourth-order valence-electron chi connectivity index (χ4n) is 3.28. The molecular weight excluding hydrogens is 585 g/mol. The Kier molecular flexibility index (Phi) is 13.9. The first kappa shape index (κ1) is 36.0. The molecule has 1 fully saturated rings. The van der Waals surface area contributed by atoms with Crippen LogP contribution in [0, 0.1) is 18.8 Å². The third-order valence-electron chi connectivity index (χ3n) is 5.35. The monoisotopic (exact) mass is 619 g/mol. The second kappa shape index (κ2) is 15.9. The fraction of sp³-hybridized carbons (Fsp3) is 0.480. The van der Waals surface area contributed by atoms with E-state index in [1.165, 1.54) is 31.2 Å². The van der Waals surface area contributed by atoms with Crippen molar-refractivity contribution in [3.8, 4) is 24.3 Å².